The van der Waals surface area contributed by atoms with Gasteiger partial charge < -0.3 is 0 Å². The van der Waals surface area contributed by atoms with Crippen molar-refractivity contribution in [1.82, 2.24) is 0 Å². The lowest BCUT2D eigenvalue weighted by molar-refractivity contribution is 1.60. The monoisotopic (exact) mass is 706 g/mol. The van der Waals surface area contributed by atoms with Gasteiger partial charge in [0.05, 0.1) is 0 Å². The fraction of sp³-hybridized carbons (Fsp3) is 0. The Bertz CT molecular complexity index is 3500. The van der Waals surface area contributed by atoms with Gasteiger partial charge in [-0.25, -0.2) is 0 Å². The molecular formula is C56H34. The first kappa shape index (κ1) is 31.1. The highest BCUT2D eigenvalue weighted by molar-refractivity contribution is 6.45. The predicted octanol–water partition coefficient (Wildman–Crippen LogP) is 15.9. The second-order valence-electron chi connectivity index (χ2n) is 15.1. The molecule has 0 aromatic heterocycles. The van der Waals surface area contributed by atoms with E-state index in [0.29, 0.717) is 0 Å². The van der Waals surface area contributed by atoms with Crippen LogP contribution in [0.4, 0.5) is 0 Å². The lowest BCUT2D eigenvalue weighted by Crippen LogP contribution is -1.95. The lowest BCUT2D eigenvalue weighted by atomic mass is 9.79. The summed E-state index contributed by atoms with van der Waals surface area (Å²) in [6.07, 6.45) is 0. The molecule has 0 heterocycles. The molecule has 0 saturated carbocycles. The van der Waals surface area contributed by atoms with E-state index in [1.807, 2.05) is 0 Å². The topological polar surface area (TPSA) is 0 Å². The van der Waals surface area contributed by atoms with Gasteiger partial charge in [-0.1, -0.05) is 200 Å². The zero-order chi connectivity index (χ0) is 36.7. The van der Waals surface area contributed by atoms with E-state index >= 15 is 0 Å². The number of benzene rings is 12. The quantitative estimate of drug-likeness (QED) is 0.126. The summed E-state index contributed by atoms with van der Waals surface area (Å²) in [6.45, 7) is 0. The van der Waals surface area contributed by atoms with Crippen molar-refractivity contribution < 1.29 is 0 Å². The maximum atomic E-state index is 2.38. The van der Waals surface area contributed by atoms with E-state index in [2.05, 4.69) is 206 Å². The van der Waals surface area contributed by atoms with Crippen molar-refractivity contribution in [3.8, 4) is 44.5 Å². The molecule has 0 unspecified atom stereocenters. The van der Waals surface area contributed by atoms with Gasteiger partial charge in [0.1, 0.15) is 0 Å². The second-order valence-corrected chi connectivity index (χ2v) is 15.1. The minimum atomic E-state index is 1.22. The van der Waals surface area contributed by atoms with Crippen molar-refractivity contribution in [2.45, 2.75) is 0 Å². The average molecular weight is 707 g/mol. The number of hydrogen-bond acceptors (Lipinski definition) is 0. The van der Waals surface area contributed by atoms with Crippen LogP contribution in [-0.4, -0.2) is 0 Å². The number of rotatable bonds is 4. The standard InChI is InChI=1S/C56H34/c1-3-16-35(17-4-1)37-20-13-21-38(34-37)39-32-33-48(41-23-8-7-22-40(39)41)52-43-25-10-12-27-47(43)56-54-45(29-15-31-50(52)54)44-28-14-30-49-51(36-18-5-2-6-19-36)42-24-9-11-26-46(42)55(56)53(44)49/h1-34H. The molecule has 0 nitrogen and oxygen atoms in total. The van der Waals surface area contributed by atoms with Crippen LogP contribution in [0.1, 0.15) is 0 Å². The average Bonchev–Trinajstić information content (AvgIpc) is 3.27. The zero-order valence-corrected chi connectivity index (χ0v) is 30.6. The third-order valence-electron chi connectivity index (χ3n) is 12.2. The van der Waals surface area contributed by atoms with E-state index in [-0.39, 0.29) is 0 Å². The Balaban J connectivity index is 1.21. The minimum absolute atomic E-state index is 1.22. The van der Waals surface area contributed by atoms with Crippen LogP contribution in [0.15, 0.2) is 206 Å². The summed E-state index contributed by atoms with van der Waals surface area (Å²) in [7, 11) is 0. The summed E-state index contributed by atoms with van der Waals surface area (Å²) < 4.78 is 0. The molecule has 0 bridgehead atoms. The Kier molecular flexibility index (Phi) is 6.73. The van der Waals surface area contributed by atoms with Gasteiger partial charge in [-0.2, -0.15) is 0 Å². The largest absolute Gasteiger partial charge is 0.0622 e. The molecule has 0 radical (unpaired) electrons. The highest BCUT2D eigenvalue weighted by atomic mass is 14.3. The Morgan fingerprint density at radius 1 is 0.179 bits per heavy atom. The maximum Gasteiger partial charge on any atom is -0.000740 e. The highest BCUT2D eigenvalue weighted by Gasteiger charge is 2.24. The van der Waals surface area contributed by atoms with E-state index in [4.69, 9.17) is 0 Å². The third kappa shape index (κ3) is 4.42. The molecule has 0 amide bonds. The van der Waals surface area contributed by atoms with Crippen molar-refractivity contribution in [3.63, 3.8) is 0 Å². The zero-order valence-electron chi connectivity index (χ0n) is 30.6. The van der Waals surface area contributed by atoms with Crippen LogP contribution in [0.3, 0.4) is 0 Å². The lowest BCUT2D eigenvalue weighted by Gasteiger charge is -2.23. The molecule has 12 aromatic rings. The molecule has 0 aliphatic carbocycles. The van der Waals surface area contributed by atoms with Crippen LogP contribution >= 0.6 is 0 Å². The molecule has 0 spiro atoms. The van der Waals surface area contributed by atoms with Gasteiger partial charge in [0.2, 0.25) is 0 Å². The van der Waals surface area contributed by atoms with Gasteiger partial charge in [-0.15, -0.1) is 0 Å². The molecule has 258 valence electrons. The van der Waals surface area contributed by atoms with Gasteiger partial charge in [-0.3, -0.25) is 0 Å². The molecule has 12 rings (SSSR count). The molecule has 0 saturated heterocycles. The fourth-order valence-electron chi connectivity index (χ4n) is 9.90. The van der Waals surface area contributed by atoms with E-state index in [9.17, 15) is 0 Å². The van der Waals surface area contributed by atoms with E-state index in [1.54, 1.807) is 0 Å². The normalized spacial score (nSPS) is 11.9. The first-order chi connectivity index (χ1) is 27.8. The van der Waals surface area contributed by atoms with Gasteiger partial charge >= 0.3 is 0 Å². The SMILES string of the molecule is c1ccc(-c2cccc(-c3ccc(-c4c5ccccc5c5c6c4cccc6c4cccc6c(-c7ccccc7)c7ccccc7c5c64)c4ccccc34)c2)cc1. The van der Waals surface area contributed by atoms with Crippen molar-refractivity contribution in [3.05, 3.63) is 206 Å². The molecule has 0 heteroatoms. The van der Waals surface area contributed by atoms with Gasteiger partial charge in [0.25, 0.3) is 0 Å². The van der Waals surface area contributed by atoms with Crippen LogP contribution in [0, 0.1) is 0 Å². The first-order valence-corrected chi connectivity index (χ1v) is 19.5. The summed E-state index contributed by atoms with van der Waals surface area (Å²) in [5, 5.41) is 18.2. The first-order valence-electron chi connectivity index (χ1n) is 19.5. The van der Waals surface area contributed by atoms with Crippen LogP contribution in [-0.2, 0) is 0 Å². The third-order valence-corrected chi connectivity index (χ3v) is 12.2. The van der Waals surface area contributed by atoms with E-state index in [1.165, 1.54) is 120 Å². The smallest absolute Gasteiger partial charge is 0.000740 e. The van der Waals surface area contributed by atoms with Crippen LogP contribution < -0.4 is 0 Å². The van der Waals surface area contributed by atoms with Crippen LogP contribution in [0.2, 0.25) is 0 Å². The molecule has 56 heavy (non-hydrogen) atoms. The summed E-state index contributed by atoms with van der Waals surface area (Å²) in [5.74, 6) is 0. The second kappa shape index (κ2) is 12.1. The molecule has 0 aliphatic heterocycles. The number of hydrogen-bond donors (Lipinski definition) is 0. The van der Waals surface area contributed by atoms with Gasteiger partial charge in [0, 0.05) is 0 Å². The Hall–Kier alpha value is -7.28. The predicted molar refractivity (Wildman–Crippen MR) is 242 cm³/mol. The van der Waals surface area contributed by atoms with Crippen molar-refractivity contribution in [1.29, 1.82) is 0 Å². The Morgan fingerprint density at radius 3 is 1.18 bits per heavy atom. The molecule has 0 fully saturated rings. The van der Waals surface area contributed by atoms with Gasteiger partial charge in [0.15, 0.2) is 0 Å². The Morgan fingerprint density at radius 2 is 0.554 bits per heavy atom. The van der Waals surface area contributed by atoms with Crippen LogP contribution in [0.5, 0.6) is 0 Å². The van der Waals surface area contributed by atoms with Crippen molar-refractivity contribution in [2.24, 2.45) is 0 Å². The highest BCUT2D eigenvalue weighted by Crippen LogP contribution is 2.52. The Labute approximate surface area is 324 Å². The summed E-state index contributed by atoms with van der Waals surface area (Å²) in [6, 6.07) is 76.4. The van der Waals surface area contributed by atoms with Crippen molar-refractivity contribution in [2.75, 3.05) is 0 Å². The molecular weight excluding hydrogens is 673 g/mol. The maximum absolute atomic E-state index is 2.38. The fourth-order valence-corrected chi connectivity index (χ4v) is 9.90. The van der Waals surface area contributed by atoms with Crippen molar-refractivity contribution >= 4 is 75.4 Å². The summed E-state index contributed by atoms with van der Waals surface area (Å²) in [4.78, 5) is 0. The number of fused-ring (bicyclic) bond motifs is 7. The summed E-state index contributed by atoms with van der Waals surface area (Å²) in [5.41, 5.74) is 10.0. The summed E-state index contributed by atoms with van der Waals surface area (Å²) >= 11 is 0. The van der Waals surface area contributed by atoms with E-state index < -0.39 is 0 Å². The minimum Gasteiger partial charge on any atom is -0.0622 e. The molecule has 12 aromatic carbocycles. The molecule has 0 aliphatic rings. The van der Waals surface area contributed by atoms with Gasteiger partial charge in [-0.05, 0) is 126 Å². The van der Waals surface area contributed by atoms with Crippen LogP contribution in [0.25, 0.3) is 120 Å². The molecule has 0 atom stereocenters. The van der Waals surface area contributed by atoms with E-state index in [0.717, 1.165) is 0 Å². The molecule has 0 N–H and O–H groups in total.